The lowest BCUT2D eigenvalue weighted by Gasteiger charge is -2.16. The molecule has 7 nitrogen and oxygen atoms in total. The maximum Gasteiger partial charge on any atom is 0.208 e. The van der Waals surface area contributed by atoms with Crippen LogP contribution < -0.4 is 4.72 Å². The topological polar surface area (TPSA) is 97.8 Å². The van der Waals surface area contributed by atoms with Crippen molar-refractivity contribution in [3.63, 3.8) is 0 Å². The molecule has 9 heteroatoms. The Labute approximate surface area is 210 Å². The van der Waals surface area contributed by atoms with Gasteiger partial charge in [0.05, 0.1) is 28.7 Å². The van der Waals surface area contributed by atoms with Gasteiger partial charge in [0.1, 0.15) is 0 Å². The molecule has 1 aromatic heterocycles. The normalized spacial score (nSPS) is 12.5. The van der Waals surface area contributed by atoms with E-state index in [0.29, 0.717) is 35.9 Å². The van der Waals surface area contributed by atoms with Crippen LogP contribution in [0.1, 0.15) is 16.7 Å². The van der Waals surface area contributed by atoms with Crippen molar-refractivity contribution in [1.82, 2.24) is 14.6 Å². The van der Waals surface area contributed by atoms with Gasteiger partial charge < -0.3 is 15.0 Å². The van der Waals surface area contributed by atoms with E-state index in [-0.39, 0.29) is 5.88 Å². The van der Waals surface area contributed by atoms with E-state index >= 15 is 0 Å². The number of benzene rings is 3. The summed E-state index contributed by atoms with van der Waals surface area (Å²) in [6, 6.07) is 23.0. The van der Waals surface area contributed by atoms with Crippen LogP contribution >= 0.6 is 11.6 Å². The summed E-state index contributed by atoms with van der Waals surface area (Å²) in [5.41, 5.74) is 4.70. The van der Waals surface area contributed by atoms with Crippen molar-refractivity contribution < 1.29 is 13.5 Å². The SMILES string of the molecule is CN(CCNS(C)(=O)=O)Cc1ccc(N=C(c2ccccc2)c2c(O)[nH]c3cc(Cl)ccc23)cc1. The highest BCUT2D eigenvalue weighted by molar-refractivity contribution is 7.88. The Morgan fingerprint density at radius 1 is 1.09 bits per heavy atom. The van der Waals surface area contributed by atoms with Gasteiger partial charge in [0.2, 0.25) is 10.0 Å². The van der Waals surface area contributed by atoms with E-state index < -0.39 is 10.0 Å². The van der Waals surface area contributed by atoms with Gasteiger partial charge >= 0.3 is 0 Å². The Morgan fingerprint density at radius 2 is 1.80 bits per heavy atom. The summed E-state index contributed by atoms with van der Waals surface area (Å²) in [5.74, 6) is 0.0332. The van der Waals surface area contributed by atoms with Gasteiger partial charge in [0, 0.05) is 35.6 Å². The van der Waals surface area contributed by atoms with Crippen LogP contribution in [0.2, 0.25) is 5.02 Å². The number of nitrogens with one attached hydrogen (secondary N) is 2. The molecule has 0 radical (unpaired) electrons. The fourth-order valence-corrected chi connectivity index (χ4v) is 4.51. The molecule has 0 fully saturated rings. The molecule has 4 rings (SSSR count). The van der Waals surface area contributed by atoms with E-state index in [1.165, 1.54) is 0 Å². The van der Waals surface area contributed by atoms with Crippen LogP contribution in [0.5, 0.6) is 5.88 Å². The molecule has 0 spiro atoms. The van der Waals surface area contributed by atoms with Gasteiger partial charge in [-0.25, -0.2) is 18.1 Å². The predicted octanol–water partition coefficient (Wildman–Crippen LogP) is 4.68. The first kappa shape index (κ1) is 24.9. The van der Waals surface area contributed by atoms with E-state index in [4.69, 9.17) is 16.6 Å². The summed E-state index contributed by atoms with van der Waals surface area (Å²) in [6.45, 7) is 1.62. The molecule has 0 saturated heterocycles. The number of nitrogens with zero attached hydrogens (tertiary/aromatic N) is 2. The smallest absolute Gasteiger partial charge is 0.208 e. The molecule has 0 aliphatic carbocycles. The molecule has 1 heterocycles. The van der Waals surface area contributed by atoms with Crippen molar-refractivity contribution in [1.29, 1.82) is 0 Å². The largest absolute Gasteiger partial charge is 0.494 e. The third-order valence-corrected chi connectivity index (χ3v) is 6.48. The third kappa shape index (κ3) is 6.49. The summed E-state index contributed by atoms with van der Waals surface area (Å²) in [7, 11) is -1.25. The van der Waals surface area contributed by atoms with Crippen LogP contribution in [0.15, 0.2) is 77.8 Å². The van der Waals surface area contributed by atoms with E-state index in [1.54, 1.807) is 12.1 Å². The number of likely N-dealkylation sites (N-methyl/N-ethyl adjacent to an activating group) is 1. The van der Waals surface area contributed by atoms with Gasteiger partial charge in [-0.3, -0.25) is 0 Å². The Morgan fingerprint density at radius 3 is 2.49 bits per heavy atom. The van der Waals surface area contributed by atoms with Crippen LogP contribution in [0.4, 0.5) is 5.69 Å². The van der Waals surface area contributed by atoms with Crippen molar-refractivity contribution in [2.24, 2.45) is 4.99 Å². The molecule has 0 atom stereocenters. The third-order valence-electron chi connectivity index (χ3n) is 5.51. The van der Waals surface area contributed by atoms with E-state index in [0.717, 1.165) is 34.0 Å². The van der Waals surface area contributed by atoms with Crippen LogP contribution in [-0.2, 0) is 16.6 Å². The number of rotatable bonds is 9. The molecule has 0 unspecified atom stereocenters. The average Bonchev–Trinajstić information content (AvgIpc) is 3.12. The molecule has 3 aromatic carbocycles. The number of hydrogen-bond acceptors (Lipinski definition) is 5. The second-order valence-corrected chi connectivity index (χ2v) is 10.7. The number of halogens is 1. The van der Waals surface area contributed by atoms with Crippen molar-refractivity contribution >= 4 is 43.9 Å². The van der Waals surface area contributed by atoms with Gasteiger partial charge in [0.25, 0.3) is 0 Å². The Bertz CT molecular complexity index is 1450. The van der Waals surface area contributed by atoms with Crippen molar-refractivity contribution in [3.05, 3.63) is 94.5 Å². The zero-order valence-corrected chi connectivity index (χ0v) is 21.1. The maximum absolute atomic E-state index is 11.2. The molecule has 4 aromatic rings. The van der Waals surface area contributed by atoms with Gasteiger partial charge in [0.15, 0.2) is 5.88 Å². The van der Waals surface area contributed by atoms with Crippen LogP contribution in [0.3, 0.4) is 0 Å². The zero-order valence-electron chi connectivity index (χ0n) is 19.5. The summed E-state index contributed by atoms with van der Waals surface area (Å²) < 4.78 is 25.0. The van der Waals surface area contributed by atoms with E-state index in [1.807, 2.05) is 72.6 Å². The second kappa shape index (κ2) is 10.6. The highest BCUT2D eigenvalue weighted by Gasteiger charge is 2.18. The number of fused-ring (bicyclic) bond motifs is 1. The Kier molecular flexibility index (Phi) is 7.57. The van der Waals surface area contributed by atoms with Gasteiger partial charge in [-0.2, -0.15) is 0 Å². The number of hydrogen-bond donors (Lipinski definition) is 3. The summed E-state index contributed by atoms with van der Waals surface area (Å²) in [6.07, 6.45) is 1.15. The summed E-state index contributed by atoms with van der Waals surface area (Å²) in [5, 5.41) is 12.2. The first-order valence-corrected chi connectivity index (χ1v) is 13.3. The van der Waals surface area contributed by atoms with Crippen LogP contribution in [-0.4, -0.2) is 55.5 Å². The standard InChI is InChI=1S/C26H27ClN4O3S/c1-31(15-14-28-35(2,33)34)17-18-8-11-21(12-9-18)29-25(19-6-4-3-5-7-19)24-22-13-10-20(27)16-23(22)30-26(24)32/h3-13,16,28,30,32H,14-15,17H2,1-2H3. The Hall–Kier alpha value is -3.17. The quantitative estimate of drug-likeness (QED) is 0.285. The molecule has 182 valence electrons. The first-order chi connectivity index (χ1) is 16.7. The highest BCUT2D eigenvalue weighted by Crippen LogP contribution is 2.32. The molecular weight excluding hydrogens is 484 g/mol. The number of H-pyrrole nitrogens is 1. The van der Waals surface area contributed by atoms with Gasteiger partial charge in [-0.1, -0.05) is 60.1 Å². The van der Waals surface area contributed by atoms with Crippen molar-refractivity contribution in [2.75, 3.05) is 26.4 Å². The number of aromatic hydroxyl groups is 1. The lowest BCUT2D eigenvalue weighted by atomic mass is 10.0. The highest BCUT2D eigenvalue weighted by atomic mass is 35.5. The molecule has 0 aliphatic rings. The maximum atomic E-state index is 11.2. The lowest BCUT2D eigenvalue weighted by molar-refractivity contribution is 0.332. The average molecular weight is 511 g/mol. The van der Waals surface area contributed by atoms with E-state index in [9.17, 15) is 13.5 Å². The molecule has 0 aliphatic heterocycles. The minimum absolute atomic E-state index is 0.0332. The number of aromatic amines is 1. The molecule has 35 heavy (non-hydrogen) atoms. The predicted molar refractivity (Wildman–Crippen MR) is 142 cm³/mol. The number of sulfonamides is 1. The number of aliphatic imine (C=N–C) groups is 1. The number of aromatic nitrogens is 1. The first-order valence-electron chi connectivity index (χ1n) is 11.1. The fourth-order valence-electron chi connectivity index (χ4n) is 3.87. The van der Waals surface area contributed by atoms with Gasteiger partial charge in [-0.05, 0) is 36.9 Å². The molecule has 0 saturated carbocycles. The molecule has 0 amide bonds. The van der Waals surface area contributed by atoms with Crippen molar-refractivity contribution in [3.8, 4) is 5.88 Å². The lowest BCUT2D eigenvalue weighted by Crippen LogP contribution is -2.32. The second-order valence-electron chi connectivity index (χ2n) is 8.44. The molecular formula is C26H27ClN4O3S. The zero-order chi connectivity index (χ0) is 25.0. The molecule has 0 bridgehead atoms. The minimum atomic E-state index is -3.19. The fraction of sp³-hybridized carbons (Fsp3) is 0.192. The Balaban J connectivity index is 1.62. The minimum Gasteiger partial charge on any atom is -0.494 e. The van der Waals surface area contributed by atoms with Crippen LogP contribution in [0.25, 0.3) is 10.9 Å². The summed E-state index contributed by atoms with van der Waals surface area (Å²) >= 11 is 6.14. The van der Waals surface area contributed by atoms with E-state index in [2.05, 4.69) is 9.71 Å². The van der Waals surface area contributed by atoms with Crippen molar-refractivity contribution in [2.45, 2.75) is 6.54 Å². The molecule has 3 N–H and O–H groups in total. The monoisotopic (exact) mass is 510 g/mol. The summed E-state index contributed by atoms with van der Waals surface area (Å²) in [4.78, 5) is 9.96. The van der Waals surface area contributed by atoms with Gasteiger partial charge in [-0.15, -0.1) is 0 Å². The van der Waals surface area contributed by atoms with Crippen LogP contribution in [0, 0.1) is 0 Å².